The summed E-state index contributed by atoms with van der Waals surface area (Å²) in [5.41, 5.74) is 22.3. The first-order valence-corrected chi connectivity index (χ1v) is 20.0. The highest BCUT2D eigenvalue weighted by Gasteiger charge is 2.46. The summed E-state index contributed by atoms with van der Waals surface area (Å²) in [5, 5.41) is 3.61. The fourth-order valence-electron chi connectivity index (χ4n) is 9.28. The molecule has 272 valence electrons. The van der Waals surface area contributed by atoms with E-state index < -0.39 is 5.41 Å². The number of hydrogen-bond acceptors (Lipinski definition) is 2. The minimum Gasteiger partial charge on any atom is -0.405 e. The molecule has 57 heavy (non-hydrogen) atoms. The number of fused-ring (bicyclic) bond motifs is 5. The molecule has 8 aromatic rings. The van der Waals surface area contributed by atoms with Gasteiger partial charge in [0.05, 0.1) is 10.9 Å². The molecule has 10 rings (SSSR count). The predicted molar refractivity (Wildman–Crippen MR) is 240 cm³/mol. The van der Waals surface area contributed by atoms with Gasteiger partial charge in [0.2, 0.25) is 0 Å². The van der Waals surface area contributed by atoms with Crippen molar-refractivity contribution in [1.29, 1.82) is 0 Å². The average Bonchev–Trinajstić information content (AvgIpc) is 3.59. The maximum absolute atomic E-state index is 5.57. The van der Waals surface area contributed by atoms with E-state index in [1.165, 1.54) is 77.4 Å². The van der Waals surface area contributed by atoms with Crippen molar-refractivity contribution in [2.45, 2.75) is 24.7 Å². The third-order valence-corrected chi connectivity index (χ3v) is 11.8. The molecule has 7 aromatic carbocycles. The summed E-state index contributed by atoms with van der Waals surface area (Å²) in [4.78, 5) is 5.18. The van der Waals surface area contributed by atoms with Crippen molar-refractivity contribution in [2.75, 3.05) is 0 Å². The van der Waals surface area contributed by atoms with E-state index in [0.29, 0.717) is 0 Å². The smallest absolute Gasteiger partial charge is 0.0717 e. The SMILES string of the molecule is N/C=C\C=C/Cc1cc(C2=CCCC=C2)c2ccc(-c3ccc4ccc(-c5cccc6c5-c5ccccc5C6(c5ccccc5)c5ccccc5)cc4c3)cc2n1. The lowest BCUT2D eigenvalue weighted by atomic mass is 9.67. The van der Waals surface area contributed by atoms with Gasteiger partial charge in [-0.1, -0.05) is 170 Å². The highest BCUT2D eigenvalue weighted by molar-refractivity contribution is 6.00. The van der Waals surface area contributed by atoms with Gasteiger partial charge in [0.25, 0.3) is 0 Å². The summed E-state index contributed by atoms with van der Waals surface area (Å²) < 4.78 is 0. The Bertz CT molecular complexity index is 2890. The minimum atomic E-state index is -0.431. The Kier molecular flexibility index (Phi) is 8.80. The highest BCUT2D eigenvalue weighted by Crippen LogP contribution is 2.58. The first-order valence-electron chi connectivity index (χ1n) is 20.0. The van der Waals surface area contributed by atoms with Gasteiger partial charge >= 0.3 is 0 Å². The van der Waals surface area contributed by atoms with Crippen LogP contribution in [0.3, 0.4) is 0 Å². The Morgan fingerprint density at radius 1 is 0.561 bits per heavy atom. The van der Waals surface area contributed by atoms with Crippen molar-refractivity contribution in [3.63, 3.8) is 0 Å². The Labute approximate surface area is 334 Å². The van der Waals surface area contributed by atoms with E-state index in [-0.39, 0.29) is 0 Å². The second-order valence-electron chi connectivity index (χ2n) is 15.1. The number of allylic oxidation sites excluding steroid dienone is 7. The third kappa shape index (κ3) is 5.93. The number of rotatable bonds is 8. The molecule has 2 nitrogen and oxygen atoms in total. The molecular weight excluding hydrogens is 689 g/mol. The maximum Gasteiger partial charge on any atom is 0.0717 e. The molecule has 0 bridgehead atoms. The van der Waals surface area contributed by atoms with Crippen LogP contribution >= 0.6 is 0 Å². The Morgan fingerprint density at radius 3 is 2.02 bits per heavy atom. The molecule has 2 aliphatic carbocycles. The van der Waals surface area contributed by atoms with Gasteiger partial charge in [-0.25, -0.2) is 0 Å². The van der Waals surface area contributed by atoms with Crippen LogP contribution in [0.5, 0.6) is 0 Å². The lowest BCUT2D eigenvalue weighted by molar-refractivity contribution is 0.768. The summed E-state index contributed by atoms with van der Waals surface area (Å²) in [6, 6.07) is 60.7. The minimum absolute atomic E-state index is 0.431. The predicted octanol–water partition coefficient (Wildman–Crippen LogP) is 13.4. The van der Waals surface area contributed by atoms with Crippen LogP contribution in [-0.4, -0.2) is 4.98 Å². The van der Waals surface area contributed by atoms with Crippen molar-refractivity contribution in [3.05, 3.63) is 240 Å². The lowest BCUT2D eigenvalue weighted by Crippen LogP contribution is -2.28. The van der Waals surface area contributed by atoms with Crippen molar-refractivity contribution in [1.82, 2.24) is 4.98 Å². The molecule has 0 radical (unpaired) electrons. The average molecular weight is 731 g/mol. The zero-order valence-electron chi connectivity index (χ0n) is 31.8. The monoisotopic (exact) mass is 730 g/mol. The van der Waals surface area contributed by atoms with E-state index >= 15 is 0 Å². The van der Waals surface area contributed by atoms with Crippen LogP contribution < -0.4 is 5.73 Å². The largest absolute Gasteiger partial charge is 0.405 e. The molecule has 0 amide bonds. The van der Waals surface area contributed by atoms with Crippen molar-refractivity contribution in [2.24, 2.45) is 5.73 Å². The number of hydrogen-bond donors (Lipinski definition) is 1. The van der Waals surface area contributed by atoms with Gasteiger partial charge in [-0.2, -0.15) is 0 Å². The fourth-order valence-corrected chi connectivity index (χ4v) is 9.28. The van der Waals surface area contributed by atoms with E-state index in [9.17, 15) is 0 Å². The third-order valence-electron chi connectivity index (χ3n) is 11.8. The standard InChI is InChI=1S/C55H42N2/c56-33-14-4-11-22-46-37-50(39-16-5-1-6-17-39)48-32-31-41(36-53(48)57-46)40-29-27-38-28-30-42(35-43(38)34-40)47-24-15-26-52-54(47)49-23-12-13-25-51(49)55(52,44-18-7-2-8-19-44)45-20-9-3-10-21-45/h2-5,7-21,23-37H,1,6,22,56H2/b11-4-,33-14-. The lowest BCUT2D eigenvalue weighted by Gasteiger charge is -2.34. The molecule has 0 saturated heterocycles. The van der Waals surface area contributed by atoms with Gasteiger partial charge in [-0.3, -0.25) is 4.98 Å². The van der Waals surface area contributed by atoms with Crippen LogP contribution in [0.4, 0.5) is 0 Å². The molecule has 1 heterocycles. The van der Waals surface area contributed by atoms with Gasteiger partial charge < -0.3 is 5.73 Å². The van der Waals surface area contributed by atoms with E-state index in [1.54, 1.807) is 6.20 Å². The van der Waals surface area contributed by atoms with Gasteiger partial charge in [0, 0.05) is 17.5 Å². The van der Waals surface area contributed by atoms with Crippen LogP contribution in [0.1, 0.15) is 46.4 Å². The molecule has 0 aliphatic heterocycles. The Balaban J connectivity index is 1.10. The summed E-state index contributed by atoms with van der Waals surface area (Å²) in [6.07, 6.45) is 17.3. The molecule has 0 unspecified atom stereocenters. The topological polar surface area (TPSA) is 38.9 Å². The first-order chi connectivity index (χ1) is 28.2. The number of aromatic nitrogens is 1. The second-order valence-corrected chi connectivity index (χ2v) is 15.1. The van der Waals surface area contributed by atoms with Crippen LogP contribution in [0.25, 0.3) is 60.6 Å². The number of pyridine rings is 1. The zero-order chi connectivity index (χ0) is 38.2. The van der Waals surface area contributed by atoms with Gasteiger partial charge in [0.1, 0.15) is 0 Å². The fraction of sp³-hybridized carbons (Fsp3) is 0.0727. The summed E-state index contributed by atoms with van der Waals surface area (Å²) in [5.74, 6) is 0. The van der Waals surface area contributed by atoms with E-state index in [1.807, 2.05) is 12.2 Å². The molecule has 0 saturated carbocycles. The number of benzene rings is 7. The van der Waals surface area contributed by atoms with Crippen molar-refractivity contribution >= 4 is 27.2 Å². The maximum atomic E-state index is 5.57. The normalized spacial score (nSPS) is 14.4. The molecule has 0 atom stereocenters. The molecule has 0 spiro atoms. The molecule has 0 fully saturated rings. The van der Waals surface area contributed by atoms with Gasteiger partial charge in [0.15, 0.2) is 0 Å². The molecule has 1 aromatic heterocycles. The quantitative estimate of drug-likeness (QED) is 0.158. The molecular formula is C55H42N2. The second kappa shape index (κ2) is 14.6. The van der Waals surface area contributed by atoms with Crippen LogP contribution in [0, 0.1) is 0 Å². The Morgan fingerprint density at radius 2 is 1.25 bits per heavy atom. The van der Waals surface area contributed by atoms with Crippen LogP contribution in [-0.2, 0) is 11.8 Å². The molecule has 2 aliphatic rings. The van der Waals surface area contributed by atoms with E-state index in [2.05, 4.69) is 188 Å². The highest BCUT2D eigenvalue weighted by atomic mass is 14.7. The van der Waals surface area contributed by atoms with Crippen molar-refractivity contribution < 1.29 is 0 Å². The first kappa shape index (κ1) is 34.5. The summed E-state index contributed by atoms with van der Waals surface area (Å²) in [7, 11) is 0. The van der Waals surface area contributed by atoms with Crippen molar-refractivity contribution in [3.8, 4) is 33.4 Å². The van der Waals surface area contributed by atoms with Gasteiger partial charge in [-0.05, 0) is 127 Å². The summed E-state index contributed by atoms with van der Waals surface area (Å²) in [6.45, 7) is 0. The van der Waals surface area contributed by atoms with Crippen LogP contribution in [0.2, 0.25) is 0 Å². The Hall–Kier alpha value is -7.03. The van der Waals surface area contributed by atoms with Crippen LogP contribution in [0.15, 0.2) is 206 Å². The van der Waals surface area contributed by atoms with Gasteiger partial charge in [-0.15, -0.1) is 0 Å². The zero-order valence-corrected chi connectivity index (χ0v) is 31.8. The molecule has 2 N–H and O–H groups in total. The number of nitrogens with zero attached hydrogens (tertiary/aromatic N) is 1. The van der Waals surface area contributed by atoms with E-state index in [0.717, 1.165) is 36.0 Å². The van der Waals surface area contributed by atoms with E-state index in [4.69, 9.17) is 10.7 Å². The molecule has 2 heteroatoms. The number of nitrogens with two attached hydrogens (primary N) is 1. The summed E-state index contributed by atoms with van der Waals surface area (Å²) >= 11 is 0.